The van der Waals surface area contributed by atoms with Gasteiger partial charge in [-0.05, 0) is 24.6 Å². The zero-order valence-corrected chi connectivity index (χ0v) is 13.2. The van der Waals surface area contributed by atoms with Gasteiger partial charge in [0.15, 0.2) is 6.04 Å². The van der Waals surface area contributed by atoms with Gasteiger partial charge in [0, 0.05) is 6.42 Å². The lowest BCUT2D eigenvalue weighted by atomic mass is 10.1. The molecule has 1 aliphatic heterocycles. The largest absolute Gasteiger partial charge is 0.335 e. The van der Waals surface area contributed by atoms with Crippen molar-refractivity contribution in [2.45, 2.75) is 25.8 Å². The SMILES string of the molecule is Cc1ccc(N2C(=O)C[C@@H]([NH2+]CCc3ccccc3)C2=O)cc1. The Morgan fingerprint density at radius 3 is 2.43 bits per heavy atom. The summed E-state index contributed by atoms with van der Waals surface area (Å²) in [6.45, 7) is 2.78. The Morgan fingerprint density at radius 2 is 1.74 bits per heavy atom. The van der Waals surface area contributed by atoms with Gasteiger partial charge in [-0.3, -0.25) is 9.59 Å². The molecule has 1 aliphatic rings. The van der Waals surface area contributed by atoms with E-state index in [1.165, 1.54) is 10.5 Å². The highest BCUT2D eigenvalue weighted by atomic mass is 16.2. The van der Waals surface area contributed by atoms with E-state index in [9.17, 15) is 9.59 Å². The number of carbonyl (C=O) groups is 2. The van der Waals surface area contributed by atoms with Crippen LogP contribution in [0.5, 0.6) is 0 Å². The van der Waals surface area contributed by atoms with E-state index in [1.807, 2.05) is 54.7 Å². The molecule has 0 saturated carbocycles. The molecule has 23 heavy (non-hydrogen) atoms. The smallest absolute Gasteiger partial charge is 0.292 e. The first-order chi connectivity index (χ1) is 11.1. The lowest BCUT2D eigenvalue weighted by Crippen LogP contribution is -2.92. The van der Waals surface area contributed by atoms with Crippen molar-refractivity contribution in [2.24, 2.45) is 0 Å². The Labute approximate surface area is 136 Å². The van der Waals surface area contributed by atoms with Crippen molar-refractivity contribution in [3.8, 4) is 0 Å². The van der Waals surface area contributed by atoms with Crippen molar-refractivity contribution in [3.63, 3.8) is 0 Å². The van der Waals surface area contributed by atoms with Crippen molar-refractivity contribution >= 4 is 17.5 Å². The first kappa shape index (κ1) is 15.4. The highest BCUT2D eigenvalue weighted by molar-refractivity contribution is 6.21. The maximum Gasteiger partial charge on any atom is 0.292 e. The van der Waals surface area contributed by atoms with E-state index >= 15 is 0 Å². The molecule has 1 fully saturated rings. The molecule has 0 spiro atoms. The monoisotopic (exact) mass is 309 g/mol. The summed E-state index contributed by atoms with van der Waals surface area (Å²) in [7, 11) is 0. The van der Waals surface area contributed by atoms with Gasteiger partial charge in [0.25, 0.3) is 5.91 Å². The van der Waals surface area contributed by atoms with Crippen LogP contribution in [0.3, 0.4) is 0 Å². The van der Waals surface area contributed by atoms with E-state index in [-0.39, 0.29) is 24.3 Å². The molecule has 4 nitrogen and oxygen atoms in total. The first-order valence-electron chi connectivity index (χ1n) is 7.96. The third kappa shape index (κ3) is 3.48. The summed E-state index contributed by atoms with van der Waals surface area (Å²) in [5.41, 5.74) is 3.03. The highest BCUT2D eigenvalue weighted by Crippen LogP contribution is 2.21. The Hall–Kier alpha value is -2.46. The average molecular weight is 309 g/mol. The number of nitrogens with zero attached hydrogens (tertiary/aromatic N) is 1. The van der Waals surface area contributed by atoms with Gasteiger partial charge in [-0.25, -0.2) is 4.90 Å². The summed E-state index contributed by atoms with van der Waals surface area (Å²) in [6.07, 6.45) is 1.17. The van der Waals surface area contributed by atoms with E-state index in [2.05, 4.69) is 12.1 Å². The molecule has 1 heterocycles. The molecule has 2 aromatic carbocycles. The van der Waals surface area contributed by atoms with Gasteiger partial charge in [0.05, 0.1) is 18.7 Å². The van der Waals surface area contributed by atoms with E-state index < -0.39 is 0 Å². The molecule has 0 aliphatic carbocycles. The summed E-state index contributed by atoms with van der Waals surface area (Å²) < 4.78 is 0. The minimum atomic E-state index is -0.299. The number of hydrogen-bond acceptors (Lipinski definition) is 2. The predicted octanol–water partition coefficient (Wildman–Crippen LogP) is 1.43. The number of rotatable bonds is 5. The number of quaternary nitrogens is 1. The van der Waals surface area contributed by atoms with Gasteiger partial charge >= 0.3 is 0 Å². The van der Waals surface area contributed by atoms with Gasteiger partial charge in [0.1, 0.15) is 0 Å². The second-order valence-corrected chi connectivity index (χ2v) is 5.97. The van der Waals surface area contributed by atoms with Crippen LogP contribution in [0, 0.1) is 6.92 Å². The van der Waals surface area contributed by atoms with Crippen LogP contribution in [-0.2, 0) is 16.0 Å². The fourth-order valence-electron chi connectivity index (χ4n) is 2.90. The molecule has 1 saturated heterocycles. The van der Waals surface area contributed by atoms with Crippen molar-refractivity contribution in [2.75, 3.05) is 11.4 Å². The van der Waals surface area contributed by atoms with Gasteiger partial charge in [0.2, 0.25) is 5.91 Å². The quantitative estimate of drug-likeness (QED) is 0.850. The Morgan fingerprint density at radius 1 is 1.04 bits per heavy atom. The molecular formula is C19H21N2O2+. The Kier molecular flexibility index (Phi) is 4.53. The molecule has 0 bridgehead atoms. The second-order valence-electron chi connectivity index (χ2n) is 5.97. The van der Waals surface area contributed by atoms with Crippen LogP contribution in [0.2, 0.25) is 0 Å². The number of amides is 2. The maximum absolute atomic E-state index is 12.5. The highest BCUT2D eigenvalue weighted by Gasteiger charge is 2.41. The molecule has 2 amide bonds. The van der Waals surface area contributed by atoms with Crippen LogP contribution >= 0.6 is 0 Å². The van der Waals surface area contributed by atoms with Gasteiger partial charge in [-0.15, -0.1) is 0 Å². The van der Waals surface area contributed by atoms with Crippen LogP contribution in [-0.4, -0.2) is 24.4 Å². The lowest BCUT2D eigenvalue weighted by molar-refractivity contribution is -0.674. The lowest BCUT2D eigenvalue weighted by Gasteiger charge is -2.14. The van der Waals surface area contributed by atoms with Gasteiger partial charge in [-0.1, -0.05) is 48.0 Å². The number of imide groups is 1. The molecule has 4 heteroatoms. The topological polar surface area (TPSA) is 54.0 Å². The first-order valence-corrected chi connectivity index (χ1v) is 7.96. The van der Waals surface area contributed by atoms with E-state index in [0.29, 0.717) is 5.69 Å². The number of hydrogen-bond donors (Lipinski definition) is 1. The minimum absolute atomic E-state index is 0.105. The molecule has 3 rings (SSSR count). The molecule has 2 N–H and O–H groups in total. The fourth-order valence-corrected chi connectivity index (χ4v) is 2.90. The van der Waals surface area contributed by atoms with Crippen molar-refractivity contribution in [1.82, 2.24) is 0 Å². The van der Waals surface area contributed by atoms with E-state index in [4.69, 9.17) is 0 Å². The Bertz CT molecular complexity index is 695. The third-order valence-corrected chi connectivity index (χ3v) is 4.20. The van der Waals surface area contributed by atoms with Crippen LogP contribution in [0.25, 0.3) is 0 Å². The van der Waals surface area contributed by atoms with Crippen molar-refractivity contribution in [3.05, 3.63) is 65.7 Å². The molecule has 0 aromatic heterocycles. The second kappa shape index (κ2) is 6.75. The standard InChI is InChI=1S/C19H20N2O2/c1-14-7-9-16(10-8-14)21-18(22)13-17(19(21)23)20-12-11-15-5-3-2-4-6-15/h2-10,17,20H,11-13H2,1H3/p+1/t17-/m1/s1. The summed E-state index contributed by atoms with van der Waals surface area (Å²) in [6, 6.07) is 17.4. The summed E-state index contributed by atoms with van der Waals surface area (Å²) >= 11 is 0. The van der Waals surface area contributed by atoms with Crippen molar-refractivity contribution in [1.29, 1.82) is 0 Å². The van der Waals surface area contributed by atoms with Crippen LogP contribution in [0.15, 0.2) is 54.6 Å². The van der Waals surface area contributed by atoms with E-state index in [1.54, 1.807) is 0 Å². The number of anilines is 1. The van der Waals surface area contributed by atoms with Crippen LogP contribution in [0.1, 0.15) is 17.5 Å². The predicted molar refractivity (Wildman–Crippen MR) is 89.0 cm³/mol. The molecule has 0 radical (unpaired) electrons. The zero-order chi connectivity index (χ0) is 16.2. The van der Waals surface area contributed by atoms with Crippen LogP contribution < -0.4 is 10.2 Å². The maximum atomic E-state index is 12.5. The molecular weight excluding hydrogens is 288 g/mol. The Balaban J connectivity index is 1.61. The summed E-state index contributed by atoms with van der Waals surface area (Å²) in [4.78, 5) is 26.0. The minimum Gasteiger partial charge on any atom is -0.335 e. The number of aryl methyl sites for hydroxylation is 1. The molecule has 0 unspecified atom stereocenters. The third-order valence-electron chi connectivity index (χ3n) is 4.20. The average Bonchev–Trinajstić information content (AvgIpc) is 2.84. The van der Waals surface area contributed by atoms with Gasteiger partial charge in [-0.2, -0.15) is 0 Å². The van der Waals surface area contributed by atoms with Crippen molar-refractivity contribution < 1.29 is 14.9 Å². The molecule has 118 valence electrons. The normalized spacial score (nSPS) is 17.8. The summed E-state index contributed by atoms with van der Waals surface area (Å²) in [5.74, 6) is -0.216. The summed E-state index contributed by atoms with van der Waals surface area (Å²) in [5, 5.41) is 1.99. The van der Waals surface area contributed by atoms with Crippen LogP contribution in [0.4, 0.5) is 5.69 Å². The fraction of sp³-hybridized carbons (Fsp3) is 0.263. The van der Waals surface area contributed by atoms with E-state index in [0.717, 1.165) is 18.5 Å². The zero-order valence-electron chi connectivity index (χ0n) is 13.2. The number of carbonyl (C=O) groups excluding carboxylic acids is 2. The molecule has 2 aromatic rings. The molecule has 1 atom stereocenters. The number of nitrogens with two attached hydrogens (primary N) is 1. The number of benzene rings is 2. The van der Waals surface area contributed by atoms with Gasteiger partial charge < -0.3 is 5.32 Å².